The van der Waals surface area contributed by atoms with Crippen LogP contribution in [-0.4, -0.2) is 29.4 Å². The molecular weight excluding hydrogens is 230 g/mol. The molecule has 6 nitrogen and oxygen atoms in total. The van der Waals surface area contributed by atoms with E-state index in [1.54, 1.807) is 0 Å². The molecule has 8 heteroatoms. The molecule has 0 heterocycles. The molecule has 0 spiro atoms. The molecule has 0 aromatic heterocycles. The van der Waals surface area contributed by atoms with E-state index >= 15 is 0 Å². The summed E-state index contributed by atoms with van der Waals surface area (Å²) in [5.41, 5.74) is 0. The maximum atomic E-state index is 8.97. The average molecular weight is 242 g/mol. The zero-order valence-corrected chi connectivity index (χ0v) is 8.99. The molecule has 0 amide bonds. The summed E-state index contributed by atoms with van der Waals surface area (Å²) in [5.74, 6) is 0. The summed E-state index contributed by atoms with van der Waals surface area (Å²) in [6, 6.07) is 4.99. The molecule has 0 aliphatic carbocycles. The molecule has 1 aromatic rings. The second kappa shape index (κ2) is 3.77. The quantitative estimate of drug-likeness (QED) is 0.330. The van der Waals surface area contributed by atoms with Gasteiger partial charge >= 0.3 is 80.1 Å². The van der Waals surface area contributed by atoms with Crippen LogP contribution < -0.4 is 10.6 Å². The first-order chi connectivity index (χ1) is 6.23. The molecule has 0 bridgehead atoms. The van der Waals surface area contributed by atoms with Crippen LogP contribution in [0.5, 0.6) is 0 Å². The zero-order valence-electron chi connectivity index (χ0n) is 6.99. The Morgan fingerprint density at radius 3 is 1.14 bits per heavy atom. The molecule has 1 rings (SSSR count). The van der Waals surface area contributed by atoms with Gasteiger partial charge in [-0.15, -0.1) is 0 Å². The van der Waals surface area contributed by atoms with Crippen molar-refractivity contribution in [1.82, 2.24) is 0 Å². The standard InChI is InChI=1S/C6H12O6P2/c7-13(8,9)5-3-1-2-4-6(5)14(10,11)12/h1-4,7-14H. The second-order valence-electron chi connectivity index (χ2n) is 2.82. The van der Waals surface area contributed by atoms with Crippen molar-refractivity contribution in [2.24, 2.45) is 0 Å². The molecule has 0 atom stereocenters. The van der Waals surface area contributed by atoms with Crippen molar-refractivity contribution in [3.8, 4) is 0 Å². The van der Waals surface area contributed by atoms with Crippen LogP contribution in [0.3, 0.4) is 0 Å². The van der Waals surface area contributed by atoms with Crippen molar-refractivity contribution >= 4 is 26.5 Å². The van der Waals surface area contributed by atoms with E-state index in [0.717, 1.165) is 12.1 Å². The van der Waals surface area contributed by atoms with Gasteiger partial charge in [0, 0.05) is 0 Å². The van der Waals surface area contributed by atoms with Crippen LogP contribution in [0.15, 0.2) is 24.3 Å². The first kappa shape index (κ1) is 11.9. The average Bonchev–Trinajstić information content (AvgIpc) is 2.01. The number of rotatable bonds is 2. The van der Waals surface area contributed by atoms with E-state index in [9.17, 15) is 0 Å². The predicted octanol–water partition coefficient (Wildman–Crippen LogP) is -2.12. The molecule has 0 saturated heterocycles. The Morgan fingerprint density at radius 1 is 0.643 bits per heavy atom. The third kappa shape index (κ3) is 2.67. The van der Waals surface area contributed by atoms with Gasteiger partial charge in [0.15, 0.2) is 0 Å². The van der Waals surface area contributed by atoms with E-state index in [1.807, 2.05) is 0 Å². The third-order valence-corrected chi connectivity index (χ3v) is 4.22. The maximum absolute atomic E-state index is 8.97. The van der Waals surface area contributed by atoms with Gasteiger partial charge in [0.05, 0.1) is 0 Å². The van der Waals surface area contributed by atoms with E-state index < -0.39 is 26.5 Å². The normalized spacial score (nSPS) is 15.3. The van der Waals surface area contributed by atoms with Gasteiger partial charge in [-0.1, -0.05) is 0 Å². The minimum atomic E-state index is -4.63. The van der Waals surface area contributed by atoms with Crippen molar-refractivity contribution in [2.75, 3.05) is 0 Å². The van der Waals surface area contributed by atoms with E-state index in [2.05, 4.69) is 0 Å². The van der Waals surface area contributed by atoms with Crippen molar-refractivity contribution in [3.05, 3.63) is 24.3 Å². The third-order valence-electron chi connectivity index (χ3n) is 1.65. The Kier molecular flexibility index (Phi) is 3.21. The summed E-state index contributed by atoms with van der Waals surface area (Å²) in [6.07, 6.45) is 0. The van der Waals surface area contributed by atoms with Crippen LogP contribution in [0.4, 0.5) is 0 Å². The molecule has 1 aromatic carbocycles. The van der Waals surface area contributed by atoms with Crippen LogP contribution in [0.25, 0.3) is 0 Å². The topological polar surface area (TPSA) is 121 Å². The Balaban J connectivity index is 3.31. The SMILES string of the molecule is O[PH](O)(O)c1ccccc1[PH](O)(O)O. The van der Waals surface area contributed by atoms with Gasteiger partial charge in [0.25, 0.3) is 0 Å². The second-order valence-corrected chi connectivity index (χ2v) is 6.44. The monoisotopic (exact) mass is 242 g/mol. The van der Waals surface area contributed by atoms with Gasteiger partial charge < -0.3 is 0 Å². The van der Waals surface area contributed by atoms with Crippen molar-refractivity contribution in [2.45, 2.75) is 0 Å². The van der Waals surface area contributed by atoms with Crippen LogP contribution in [-0.2, 0) is 0 Å². The van der Waals surface area contributed by atoms with Crippen LogP contribution in [0, 0.1) is 0 Å². The van der Waals surface area contributed by atoms with E-state index in [-0.39, 0.29) is 0 Å². The van der Waals surface area contributed by atoms with Gasteiger partial charge in [-0.25, -0.2) is 0 Å². The van der Waals surface area contributed by atoms with Gasteiger partial charge in [-0.05, 0) is 0 Å². The van der Waals surface area contributed by atoms with E-state index in [0.29, 0.717) is 0 Å². The fourth-order valence-corrected chi connectivity index (χ4v) is 3.60. The molecule has 0 aliphatic rings. The molecular formula is C6H12O6P2. The van der Waals surface area contributed by atoms with Gasteiger partial charge in [-0.3, -0.25) is 0 Å². The Morgan fingerprint density at radius 2 is 0.929 bits per heavy atom. The van der Waals surface area contributed by atoms with Crippen molar-refractivity contribution < 1.29 is 29.4 Å². The van der Waals surface area contributed by atoms with Crippen LogP contribution in [0.1, 0.15) is 0 Å². The number of hydrogen-bond donors (Lipinski definition) is 6. The van der Waals surface area contributed by atoms with Crippen molar-refractivity contribution in [3.63, 3.8) is 0 Å². The first-order valence-electron chi connectivity index (χ1n) is 3.67. The molecule has 82 valence electrons. The Bertz CT molecular complexity index is 295. The molecule has 0 fully saturated rings. The van der Waals surface area contributed by atoms with E-state index in [1.165, 1.54) is 12.1 Å². The molecule has 0 aliphatic heterocycles. The first-order valence-corrected chi connectivity index (χ1v) is 7.35. The molecule has 0 unspecified atom stereocenters. The summed E-state index contributed by atoms with van der Waals surface area (Å²) in [5, 5.41) is -0.835. The van der Waals surface area contributed by atoms with Gasteiger partial charge in [-0.2, -0.15) is 0 Å². The van der Waals surface area contributed by atoms with Crippen LogP contribution >= 0.6 is 15.9 Å². The summed E-state index contributed by atoms with van der Waals surface area (Å²) in [7, 11) is -9.27. The fraction of sp³-hybridized carbons (Fsp3) is 0. The molecule has 14 heavy (non-hydrogen) atoms. The van der Waals surface area contributed by atoms with Crippen LogP contribution in [0.2, 0.25) is 0 Å². The number of hydrogen-bond acceptors (Lipinski definition) is 6. The number of benzene rings is 1. The summed E-state index contributed by atoms with van der Waals surface area (Å²) >= 11 is 0. The van der Waals surface area contributed by atoms with Gasteiger partial charge in [0.1, 0.15) is 0 Å². The van der Waals surface area contributed by atoms with Crippen molar-refractivity contribution in [1.29, 1.82) is 0 Å². The van der Waals surface area contributed by atoms with Gasteiger partial charge in [0.2, 0.25) is 0 Å². The molecule has 0 radical (unpaired) electrons. The van der Waals surface area contributed by atoms with E-state index in [4.69, 9.17) is 29.4 Å². The Labute approximate surface area is 80.9 Å². The molecule has 0 saturated carbocycles. The fourth-order valence-electron chi connectivity index (χ4n) is 1.07. The Hall–Kier alpha value is -0.160. The zero-order chi connectivity index (χ0) is 11.0. The predicted molar refractivity (Wildman–Crippen MR) is 55.7 cm³/mol. The summed E-state index contributed by atoms with van der Waals surface area (Å²) in [6.45, 7) is 0. The summed E-state index contributed by atoms with van der Waals surface area (Å²) < 4.78 is 0. The minimum absolute atomic E-state index is 0.417. The summed E-state index contributed by atoms with van der Waals surface area (Å²) in [4.78, 5) is 53.8. The molecule has 6 N–H and O–H groups in total.